The molecule has 0 saturated heterocycles. The smallest absolute Gasteiger partial charge is 0.338 e. The van der Waals surface area contributed by atoms with Crippen LogP contribution in [0.2, 0.25) is 0 Å². The molecule has 0 unspecified atom stereocenters. The molecule has 0 spiro atoms. The van der Waals surface area contributed by atoms with Crippen molar-refractivity contribution < 1.29 is 14.5 Å². The Kier molecular flexibility index (Phi) is 3.32. The third-order valence-electron chi connectivity index (χ3n) is 2.31. The van der Waals surface area contributed by atoms with E-state index < -0.39 is 5.97 Å². The number of benzene rings is 1. The normalized spacial score (nSPS) is 10.8. The second-order valence-corrected chi connectivity index (χ2v) is 3.41. The SMILES string of the molecule is CON(C)OC(=O)c1ccc2cccnc2c1. The highest BCUT2D eigenvalue weighted by molar-refractivity contribution is 5.94. The number of nitrogens with zero attached hydrogens (tertiary/aromatic N) is 2. The highest BCUT2D eigenvalue weighted by atomic mass is 17.0. The number of aromatic nitrogens is 1. The Hall–Kier alpha value is -1.98. The number of fused-ring (bicyclic) bond motifs is 1. The first kappa shape index (κ1) is 11.5. The Morgan fingerprint density at radius 1 is 1.35 bits per heavy atom. The predicted octanol–water partition coefficient (Wildman–Crippen LogP) is 1.80. The lowest BCUT2D eigenvalue weighted by molar-refractivity contribution is -0.303. The summed E-state index contributed by atoms with van der Waals surface area (Å²) in [5.41, 5.74) is 1.18. The molecule has 0 amide bonds. The quantitative estimate of drug-likeness (QED) is 0.755. The largest absolute Gasteiger partial charge is 0.359 e. The molecule has 0 bridgehead atoms. The van der Waals surface area contributed by atoms with E-state index in [9.17, 15) is 4.79 Å². The number of carbonyl (C=O) groups is 1. The van der Waals surface area contributed by atoms with Gasteiger partial charge in [0.15, 0.2) is 0 Å². The minimum absolute atomic E-state index is 0.431. The van der Waals surface area contributed by atoms with Crippen LogP contribution in [0.3, 0.4) is 0 Å². The minimum atomic E-state index is -0.484. The van der Waals surface area contributed by atoms with Gasteiger partial charge in [-0.2, -0.15) is 0 Å². The topological polar surface area (TPSA) is 51.7 Å². The van der Waals surface area contributed by atoms with Crippen LogP contribution in [0.1, 0.15) is 10.4 Å². The van der Waals surface area contributed by atoms with Gasteiger partial charge >= 0.3 is 5.97 Å². The minimum Gasteiger partial charge on any atom is -0.338 e. The van der Waals surface area contributed by atoms with E-state index in [4.69, 9.17) is 9.68 Å². The summed E-state index contributed by atoms with van der Waals surface area (Å²) in [5.74, 6) is -0.484. The van der Waals surface area contributed by atoms with Gasteiger partial charge in [-0.1, -0.05) is 12.1 Å². The van der Waals surface area contributed by atoms with Crippen molar-refractivity contribution in [1.29, 1.82) is 0 Å². The molecule has 1 aromatic carbocycles. The first-order valence-corrected chi connectivity index (χ1v) is 5.05. The summed E-state index contributed by atoms with van der Waals surface area (Å²) in [5, 5.41) is 1.97. The van der Waals surface area contributed by atoms with Crippen molar-refractivity contribution >= 4 is 16.9 Å². The van der Waals surface area contributed by atoms with E-state index in [0.29, 0.717) is 5.56 Å². The lowest BCUT2D eigenvalue weighted by Gasteiger charge is -2.12. The van der Waals surface area contributed by atoms with Crippen LogP contribution in [0.15, 0.2) is 36.5 Å². The Balaban J connectivity index is 2.27. The molecule has 0 aliphatic rings. The van der Waals surface area contributed by atoms with Crippen molar-refractivity contribution in [1.82, 2.24) is 10.2 Å². The molecule has 0 aliphatic heterocycles. The van der Waals surface area contributed by atoms with E-state index in [1.54, 1.807) is 18.3 Å². The van der Waals surface area contributed by atoms with Crippen LogP contribution in [-0.4, -0.2) is 30.3 Å². The molecule has 5 nitrogen and oxygen atoms in total. The van der Waals surface area contributed by atoms with Gasteiger partial charge in [0, 0.05) is 11.6 Å². The van der Waals surface area contributed by atoms with Gasteiger partial charge in [-0.15, -0.1) is 0 Å². The van der Waals surface area contributed by atoms with Crippen LogP contribution in [0.5, 0.6) is 0 Å². The van der Waals surface area contributed by atoms with Gasteiger partial charge in [-0.3, -0.25) is 9.82 Å². The summed E-state index contributed by atoms with van der Waals surface area (Å²) in [6.45, 7) is 0. The average Bonchev–Trinajstić information content (AvgIpc) is 2.38. The summed E-state index contributed by atoms with van der Waals surface area (Å²) in [6, 6.07) is 8.97. The van der Waals surface area contributed by atoms with Crippen LogP contribution in [0.4, 0.5) is 0 Å². The Morgan fingerprint density at radius 3 is 2.94 bits per heavy atom. The first-order chi connectivity index (χ1) is 8.20. The Labute approximate surface area is 98.5 Å². The fourth-order valence-corrected chi connectivity index (χ4v) is 1.40. The van der Waals surface area contributed by atoms with E-state index in [0.717, 1.165) is 16.1 Å². The van der Waals surface area contributed by atoms with Crippen molar-refractivity contribution in [3.63, 3.8) is 0 Å². The average molecular weight is 232 g/mol. The summed E-state index contributed by atoms with van der Waals surface area (Å²) in [7, 11) is 2.91. The van der Waals surface area contributed by atoms with Gasteiger partial charge in [0.1, 0.15) is 0 Å². The zero-order valence-corrected chi connectivity index (χ0v) is 9.58. The molecule has 1 heterocycles. The number of carbonyl (C=O) groups excluding carboxylic acids is 1. The number of hydrogen-bond acceptors (Lipinski definition) is 5. The molecule has 2 aromatic rings. The van der Waals surface area contributed by atoms with Crippen LogP contribution < -0.4 is 0 Å². The molecule has 5 heteroatoms. The second kappa shape index (κ2) is 4.90. The maximum atomic E-state index is 11.7. The predicted molar refractivity (Wildman–Crippen MR) is 61.9 cm³/mol. The molecule has 0 atom stereocenters. The monoisotopic (exact) mass is 232 g/mol. The molecule has 88 valence electrons. The second-order valence-electron chi connectivity index (χ2n) is 3.41. The van der Waals surface area contributed by atoms with E-state index in [1.807, 2.05) is 18.2 Å². The molecule has 0 N–H and O–H groups in total. The van der Waals surface area contributed by atoms with Crippen molar-refractivity contribution in [3.8, 4) is 0 Å². The summed E-state index contributed by atoms with van der Waals surface area (Å²) < 4.78 is 0. The van der Waals surface area contributed by atoms with E-state index >= 15 is 0 Å². The van der Waals surface area contributed by atoms with E-state index in [1.165, 1.54) is 14.2 Å². The lowest BCUT2D eigenvalue weighted by atomic mass is 10.1. The number of hydroxylamine groups is 2. The molecular formula is C12H12N2O3. The molecule has 0 radical (unpaired) electrons. The van der Waals surface area contributed by atoms with Crippen LogP contribution in [0.25, 0.3) is 10.9 Å². The van der Waals surface area contributed by atoms with Gasteiger partial charge < -0.3 is 4.84 Å². The standard InChI is InChI=1S/C12H12N2O3/c1-14(16-2)17-12(15)10-6-5-9-4-3-7-13-11(9)8-10/h3-8H,1-2H3. The van der Waals surface area contributed by atoms with Crippen molar-refractivity contribution in [2.75, 3.05) is 14.2 Å². The van der Waals surface area contributed by atoms with Crippen molar-refractivity contribution in [3.05, 3.63) is 42.1 Å². The molecule has 1 aromatic heterocycles. The van der Waals surface area contributed by atoms with E-state index in [-0.39, 0.29) is 0 Å². The molecule has 2 rings (SSSR count). The lowest BCUT2D eigenvalue weighted by Crippen LogP contribution is -2.21. The summed E-state index contributed by atoms with van der Waals surface area (Å²) in [6.07, 6.45) is 1.68. The molecule has 17 heavy (non-hydrogen) atoms. The summed E-state index contributed by atoms with van der Waals surface area (Å²) in [4.78, 5) is 25.4. The number of rotatable bonds is 3. The zero-order valence-electron chi connectivity index (χ0n) is 9.58. The van der Waals surface area contributed by atoms with Gasteiger partial charge in [-0.05, 0) is 23.4 Å². The third-order valence-corrected chi connectivity index (χ3v) is 2.31. The van der Waals surface area contributed by atoms with Gasteiger partial charge in [0.2, 0.25) is 0 Å². The van der Waals surface area contributed by atoms with Gasteiger partial charge in [-0.25, -0.2) is 4.79 Å². The molecule has 0 fully saturated rings. The Bertz CT molecular complexity index is 542. The first-order valence-electron chi connectivity index (χ1n) is 5.05. The highest BCUT2D eigenvalue weighted by Crippen LogP contribution is 2.14. The van der Waals surface area contributed by atoms with Crippen molar-refractivity contribution in [2.45, 2.75) is 0 Å². The fourth-order valence-electron chi connectivity index (χ4n) is 1.40. The number of pyridine rings is 1. The van der Waals surface area contributed by atoms with Crippen molar-refractivity contribution in [2.24, 2.45) is 0 Å². The van der Waals surface area contributed by atoms with Crippen LogP contribution in [-0.2, 0) is 9.68 Å². The van der Waals surface area contributed by atoms with Crippen LogP contribution in [0, 0.1) is 0 Å². The fraction of sp³-hybridized carbons (Fsp3) is 0.167. The maximum Gasteiger partial charge on any atom is 0.359 e. The maximum absolute atomic E-state index is 11.7. The molecule has 0 saturated carbocycles. The van der Waals surface area contributed by atoms with E-state index in [2.05, 4.69) is 4.98 Å². The number of hydrogen-bond donors (Lipinski definition) is 0. The van der Waals surface area contributed by atoms with Crippen LogP contribution >= 0.6 is 0 Å². The zero-order chi connectivity index (χ0) is 12.3. The van der Waals surface area contributed by atoms with Gasteiger partial charge in [0.05, 0.1) is 25.2 Å². The summed E-state index contributed by atoms with van der Waals surface area (Å²) >= 11 is 0. The molecule has 0 aliphatic carbocycles. The Morgan fingerprint density at radius 2 is 2.18 bits per heavy atom. The highest BCUT2D eigenvalue weighted by Gasteiger charge is 2.11. The van der Waals surface area contributed by atoms with Gasteiger partial charge in [0.25, 0.3) is 0 Å². The molecular weight excluding hydrogens is 220 g/mol. The third kappa shape index (κ3) is 2.58.